The monoisotopic (exact) mass is 291 g/mol. The molecule has 0 amide bonds. The summed E-state index contributed by atoms with van der Waals surface area (Å²) >= 11 is 0. The fourth-order valence-corrected chi connectivity index (χ4v) is 2.50. The van der Waals surface area contributed by atoms with E-state index in [4.69, 9.17) is 4.74 Å². The van der Waals surface area contributed by atoms with Gasteiger partial charge in [0.25, 0.3) is 0 Å². The zero-order valence-corrected chi connectivity index (χ0v) is 11.3. The van der Waals surface area contributed by atoms with Crippen LogP contribution in [-0.2, 0) is 10.9 Å². The molecule has 0 radical (unpaired) electrons. The van der Waals surface area contributed by atoms with Crippen LogP contribution in [0.2, 0.25) is 0 Å². The van der Waals surface area contributed by atoms with Crippen molar-refractivity contribution >= 4 is 0 Å². The van der Waals surface area contributed by atoms with Crippen molar-refractivity contribution in [1.29, 1.82) is 0 Å². The number of methoxy groups -OCH3 is 1. The summed E-state index contributed by atoms with van der Waals surface area (Å²) in [6.45, 7) is 0. The van der Waals surface area contributed by atoms with Crippen LogP contribution in [0.4, 0.5) is 17.6 Å². The molecule has 1 aromatic rings. The van der Waals surface area contributed by atoms with Crippen LogP contribution < -0.4 is 5.32 Å². The summed E-state index contributed by atoms with van der Waals surface area (Å²) in [7, 11) is 3.21. The van der Waals surface area contributed by atoms with E-state index in [1.54, 1.807) is 14.2 Å². The molecule has 2 atom stereocenters. The Morgan fingerprint density at radius 1 is 1.30 bits per heavy atom. The lowest BCUT2D eigenvalue weighted by Gasteiger charge is -2.26. The summed E-state index contributed by atoms with van der Waals surface area (Å²) in [5.41, 5.74) is -0.846. The molecule has 1 aliphatic rings. The summed E-state index contributed by atoms with van der Waals surface area (Å²) in [5.74, 6) is -0.909. The van der Waals surface area contributed by atoms with Gasteiger partial charge in [0.15, 0.2) is 0 Å². The van der Waals surface area contributed by atoms with Gasteiger partial charge in [-0.25, -0.2) is 4.39 Å². The first kappa shape index (κ1) is 15.3. The van der Waals surface area contributed by atoms with Crippen LogP contribution in [0.25, 0.3) is 0 Å². The predicted molar refractivity (Wildman–Crippen MR) is 66.7 cm³/mol. The number of hydrogen-bond donors (Lipinski definition) is 1. The maximum Gasteiger partial charge on any atom is 0.419 e. The Bertz CT molecular complexity index is 471. The van der Waals surface area contributed by atoms with E-state index in [2.05, 4.69) is 5.32 Å². The summed E-state index contributed by atoms with van der Waals surface area (Å²) < 4.78 is 57.0. The lowest BCUT2D eigenvalue weighted by atomic mass is 9.96. The Morgan fingerprint density at radius 3 is 2.40 bits per heavy atom. The number of hydrogen-bond acceptors (Lipinski definition) is 2. The number of rotatable bonds is 5. The molecule has 2 nitrogen and oxygen atoms in total. The van der Waals surface area contributed by atoms with E-state index in [1.807, 2.05) is 0 Å². The highest BCUT2D eigenvalue weighted by molar-refractivity contribution is 5.30. The first-order chi connectivity index (χ1) is 9.38. The van der Waals surface area contributed by atoms with Crippen molar-refractivity contribution in [3.8, 4) is 0 Å². The van der Waals surface area contributed by atoms with E-state index in [0.717, 1.165) is 25.0 Å². The molecule has 20 heavy (non-hydrogen) atoms. The molecule has 1 aromatic carbocycles. The number of nitrogens with one attached hydrogen (secondary N) is 1. The topological polar surface area (TPSA) is 21.3 Å². The second-order valence-electron chi connectivity index (χ2n) is 5.04. The maximum atomic E-state index is 13.3. The number of likely N-dealkylation sites (N-methyl/N-ethyl adjacent to an activating group) is 1. The van der Waals surface area contributed by atoms with E-state index >= 15 is 0 Å². The van der Waals surface area contributed by atoms with Crippen molar-refractivity contribution < 1.29 is 22.3 Å². The van der Waals surface area contributed by atoms with E-state index < -0.39 is 17.6 Å². The van der Waals surface area contributed by atoms with Crippen LogP contribution in [0.3, 0.4) is 0 Å². The summed E-state index contributed by atoms with van der Waals surface area (Å²) in [6, 6.07) is 2.72. The standard InChI is InChI=1S/C14H17F4NO/c1-19-12(13(20-2)8-3-4-8)9-5-6-11(15)10(7-9)14(16,17)18/h5-8,12-13,19H,3-4H2,1-2H3. The average molecular weight is 291 g/mol. The van der Waals surface area contributed by atoms with Crippen molar-refractivity contribution in [2.45, 2.75) is 31.2 Å². The fourth-order valence-electron chi connectivity index (χ4n) is 2.50. The predicted octanol–water partition coefficient (Wildman–Crippen LogP) is 3.53. The maximum absolute atomic E-state index is 13.3. The van der Waals surface area contributed by atoms with Gasteiger partial charge in [-0.1, -0.05) is 6.07 Å². The number of alkyl halides is 3. The van der Waals surface area contributed by atoms with Gasteiger partial charge in [-0.05, 0) is 43.5 Å². The SMILES string of the molecule is CNC(c1ccc(F)c(C(F)(F)F)c1)C(OC)C1CC1. The molecule has 1 N–H and O–H groups in total. The lowest BCUT2D eigenvalue weighted by molar-refractivity contribution is -0.140. The Labute approximate surface area is 115 Å². The molecular weight excluding hydrogens is 274 g/mol. The van der Waals surface area contributed by atoms with Crippen molar-refractivity contribution in [3.05, 3.63) is 35.1 Å². The van der Waals surface area contributed by atoms with Gasteiger partial charge in [-0.2, -0.15) is 13.2 Å². The second-order valence-corrected chi connectivity index (χ2v) is 5.04. The van der Waals surface area contributed by atoms with Crippen LogP contribution in [0.5, 0.6) is 0 Å². The van der Waals surface area contributed by atoms with Gasteiger partial charge in [0, 0.05) is 7.11 Å². The first-order valence-corrected chi connectivity index (χ1v) is 6.45. The zero-order valence-electron chi connectivity index (χ0n) is 11.3. The quantitative estimate of drug-likeness (QED) is 0.838. The van der Waals surface area contributed by atoms with E-state index in [0.29, 0.717) is 11.5 Å². The molecule has 0 aromatic heterocycles. The molecule has 2 unspecified atom stereocenters. The average Bonchev–Trinajstić information content (AvgIpc) is 3.19. The Hall–Kier alpha value is -1.14. The van der Waals surface area contributed by atoms with Crippen molar-refractivity contribution in [2.24, 2.45) is 5.92 Å². The highest BCUT2D eigenvalue weighted by atomic mass is 19.4. The molecular formula is C14H17F4NO. The van der Waals surface area contributed by atoms with Gasteiger partial charge in [0.1, 0.15) is 5.82 Å². The van der Waals surface area contributed by atoms with Crippen LogP contribution in [0, 0.1) is 11.7 Å². The van der Waals surface area contributed by atoms with Gasteiger partial charge in [0.2, 0.25) is 0 Å². The molecule has 1 aliphatic carbocycles. The molecule has 0 bridgehead atoms. The third kappa shape index (κ3) is 3.12. The van der Waals surface area contributed by atoms with Crippen LogP contribution in [0.15, 0.2) is 18.2 Å². The molecule has 1 saturated carbocycles. The summed E-state index contributed by atoms with van der Waals surface area (Å²) in [5, 5.41) is 2.97. The Balaban J connectivity index is 2.34. The first-order valence-electron chi connectivity index (χ1n) is 6.45. The highest BCUT2D eigenvalue weighted by Gasteiger charge is 2.39. The number of ether oxygens (including phenoxy) is 1. The minimum Gasteiger partial charge on any atom is -0.379 e. The molecule has 112 valence electrons. The minimum absolute atomic E-state index is 0.202. The van der Waals surface area contributed by atoms with Crippen LogP contribution >= 0.6 is 0 Å². The third-order valence-electron chi connectivity index (χ3n) is 3.65. The van der Waals surface area contributed by atoms with Gasteiger partial charge in [-0.3, -0.25) is 0 Å². The molecule has 0 aliphatic heterocycles. The Morgan fingerprint density at radius 2 is 1.95 bits per heavy atom. The van der Waals surface area contributed by atoms with E-state index in [-0.39, 0.29) is 12.1 Å². The normalized spacial score (nSPS) is 18.9. The molecule has 2 rings (SSSR count). The fraction of sp³-hybridized carbons (Fsp3) is 0.571. The van der Waals surface area contributed by atoms with Gasteiger partial charge >= 0.3 is 6.18 Å². The van der Waals surface area contributed by atoms with E-state index in [9.17, 15) is 17.6 Å². The molecule has 0 heterocycles. The third-order valence-corrected chi connectivity index (χ3v) is 3.65. The smallest absolute Gasteiger partial charge is 0.379 e. The van der Waals surface area contributed by atoms with Crippen molar-refractivity contribution in [1.82, 2.24) is 5.32 Å². The lowest BCUT2D eigenvalue weighted by Crippen LogP contribution is -2.33. The number of benzene rings is 1. The molecule has 0 saturated heterocycles. The van der Waals surface area contributed by atoms with Crippen LogP contribution in [0.1, 0.15) is 30.0 Å². The Kier molecular flexibility index (Phi) is 4.34. The van der Waals surface area contributed by atoms with Gasteiger partial charge in [-0.15, -0.1) is 0 Å². The molecule has 6 heteroatoms. The minimum atomic E-state index is -4.69. The van der Waals surface area contributed by atoms with E-state index in [1.165, 1.54) is 6.07 Å². The van der Waals surface area contributed by atoms with Gasteiger partial charge in [0.05, 0.1) is 17.7 Å². The van der Waals surface area contributed by atoms with Gasteiger partial charge < -0.3 is 10.1 Å². The highest BCUT2D eigenvalue weighted by Crippen LogP contribution is 2.41. The van der Waals surface area contributed by atoms with Crippen LogP contribution in [-0.4, -0.2) is 20.3 Å². The van der Waals surface area contributed by atoms with Crippen molar-refractivity contribution in [2.75, 3.05) is 14.2 Å². The zero-order chi connectivity index (χ0) is 14.9. The summed E-state index contributed by atoms with van der Waals surface area (Å²) in [6.07, 6.45) is -2.89. The summed E-state index contributed by atoms with van der Waals surface area (Å²) in [4.78, 5) is 0. The second kappa shape index (κ2) is 5.69. The molecule has 0 spiro atoms. The van der Waals surface area contributed by atoms with Crippen molar-refractivity contribution in [3.63, 3.8) is 0 Å². The number of halogens is 4. The molecule has 1 fully saturated rings. The largest absolute Gasteiger partial charge is 0.419 e.